The Morgan fingerprint density at radius 2 is 1.88 bits per heavy atom. The Hall–Kier alpha value is -2.39. The molecule has 0 bridgehead atoms. The van der Waals surface area contributed by atoms with Gasteiger partial charge in [-0.2, -0.15) is 12.6 Å². The molecule has 0 radical (unpaired) electrons. The molecule has 6 nitrogen and oxygen atoms in total. The van der Waals surface area contributed by atoms with Crippen LogP contribution in [0.3, 0.4) is 0 Å². The van der Waals surface area contributed by atoms with Crippen LogP contribution in [0.2, 0.25) is 0 Å². The number of hydrogen-bond donors (Lipinski definition) is 2. The molecule has 1 aliphatic heterocycles. The minimum Gasteiger partial charge on any atom is -0.465 e. The van der Waals surface area contributed by atoms with E-state index in [0.29, 0.717) is 5.56 Å². The maximum Gasteiger partial charge on any atom is 0.337 e. The normalized spacial score (nSPS) is 19.7. The van der Waals surface area contributed by atoms with Crippen molar-refractivity contribution < 1.29 is 22.7 Å². The zero-order valence-corrected chi connectivity index (χ0v) is 19.3. The van der Waals surface area contributed by atoms with E-state index in [0.717, 1.165) is 23.7 Å². The molecule has 0 spiro atoms. The third-order valence-electron chi connectivity index (χ3n) is 5.56. The van der Waals surface area contributed by atoms with Crippen LogP contribution >= 0.6 is 12.6 Å². The standard InChI is InChI=1S/C24H25NO5S2/c1-29-23(26)18-7-4-8-19(11-18)24(30-15-20-13-21(31)14-25-20)32(27,28)22-10-9-16-5-2-3-6-17(16)12-22/h2-12,20-21,24-25,31H,13-15H2,1H3. The summed E-state index contributed by atoms with van der Waals surface area (Å²) in [7, 11) is -2.64. The lowest BCUT2D eigenvalue weighted by atomic mass is 10.1. The van der Waals surface area contributed by atoms with Crippen LogP contribution in [0.15, 0.2) is 71.6 Å². The van der Waals surface area contributed by atoms with Crippen LogP contribution in [-0.4, -0.2) is 45.9 Å². The molecule has 32 heavy (non-hydrogen) atoms. The lowest BCUT2D eigenvalue weighted by Gasteiger charge is -2.22. The molecule has 1 saturated heterocycles. The van der Waals surface area contributed by atoms with E-state index >= 15 is 0 Å². The van der Waals surface area contributed by atoms with Gasteiger partial charge in [0.1, 0.15) is 0 Å². The van der Waals surface area contributed by atoms with E-state index in [2.05, 4.69) is 17.9 Å². The molecular weight excluding hydrogens is 446 g/mol. The van der Waals surface area contributed by atoms with E-state index in [9.17, 15) is 13.2 Å². The van der Waals surface area contributed by atoms with Crippen LogP contribution in [0.5, 0.6) is 0 Å². The summed E-state index contributed by atoms with van der Waals surface area (Å²) in [6, 6.07) is 19.0. The van der Waals surface area contributed by atoms with Gasteiger partial charge in [-0.15, -0.1) is 0 Å². The van der Waals surface area contributed by atoms with E-state index in [1.165, 1.54) is 13.2 Å². The van der Waals surface area contributed by atoms with Gasteiger partial charge in [0.15, 0.2) is 5.44 Å². The van der Waals surface area contributed by atoms with Crippen molar-refractivity contribution in [2.24, 2.45) is 0 Å². The van der Waals surface area contributed by atoms with Crippen LogP contribution in [0.4, 0.5) is 0 Å². The molecule has 1 N–H and O–H groups in total. The number of sulfone groups is 1. The van der Waals surface area contributed by atoms with E-state index < -0.39 is 21.2 Å². The van der Waals surface area contributed by atoms with Crippen LogP contribution in [-0.2, 0) is 19.3 Å². The molecule has 0 aliphatic carbocycles. The van der Waals surface area contributed by atoms with E-state index in [-0.39, 0.29) is 28.4 Å². The summed E-state index contributed by atoms with van der Waals surface area (Å²) in [4.78, 5) is 12.2. The molecule has 3 unspecified atom stereocenters. The van der Waals surface area contributed by atoms with Crippen LogP contribution < -0.4 is 5.32 Å². The van der Waals surface area contributed by atoms with Crippen molar-refractivity contribution in [3.8, 4) is 0 Å². The van der Waals surface area contributed by atoms with Crippen LogP contribution in [0, 0.1) is 0 Å². The maximum atomic E-state index is 13.7. The van der Waals surface area contributed by atoms with Crippen LogP contribution in [0.1, 0.15) is 27.8 Å². The number of carbonyl (C=O) groups is 1. The number of hydrogen-bond acceptors (Lipinski definition) is 7. The molecule has 4 rings (SSSR count). The summed E-state index contributed by atoms with van der Waals surface area (Å²) >= 11 is 4.47. The van der Waals surface area contributed by atoms with Gasteiger partial charge in [0.2, 0.25) is 9.84 Å². The molecular formula is C24H25NO5S2. The van der Waals surface area contributed by atoms with E-state index in [1.54, 1.807) is 36.4 Å². The number of nitrogens with one attached hydrogen (secondary N) is 1. The van der Waals surface area contributed by atoms with Crippen molar-refractivity contribution in [2.45, 2.75) is 28.0 Å². The van der Waals surface area contributed by atoms with Gasteiger partial charge < -0.3 is 14.8 Å². The zero-order chi connectivity index (χ0) is 22.7. The Kier molecular flexibility index (Phi) is 6.85. The minimum atomic E-state index is -3.92. The number of ether oxygens (including phenoxy) is 2. The first kappa shape index (κ1) is 22.8. The monoisotopic (exact) mass is 471 g/mol. The topological polar surface area (TPSA) is 81.7 Å². The smallest absolute Gasteiger partial charge is 0.337 e. The quantitative estimate of drug-likeness (QED) is 0.403. The Labute approximate surface area is 193 Å². The number of rotatable bonds is 7. The zero-order valence-electron chi connectivity index (χ0n) is 17.6. The summed E-state index contributed by atoms with van der Waals surface area (Å²) < 4.78 is 38.3. The molecule has 3 atom stereocenters. The highest BCUT2D eigenvalue weighted by atomic mass is 32.2. The molecule has 0 aromatic heterocycles. The van der Waals surface area contributed by atoms with Gasteiger partial charge in [-0.3, -0.25) is 0 Å². The van der Waals surface area contributed by atoms with Gasteiger partial charge in [0, 0.05) is 17.8 Å². The molecule has 1 fully saturated rings. The number of methoxy groups -OCH3 is 1. The van der Waals surface area contributed by atoms with Crippen molar-refractivity contribution in [3.63, 3.8) is 0 Å². The molecule has 3 aromatic carbocycles. The van der Waals surface area contributed by atoms with Gasteiger partial charge in [0.05, 0.1) is 24.2 Å². The minimum absolute atomic E-state index is 0.00981. The first-order chi connectivity index (χ1) is 15.4. The summed E-state index contributed by atoms with van der Waals surface area (Å²) in [6.45, 7) is 0.952. The first-order valence-corrected chi connectivity index (χ1v) is 12.4. The van der Waals surface area contributed by atoms with Gasteiger partial charge in [-0.25, -0.2) is 13.2 Å². The van der Waals surface area contributed by atoms with Gasteiger partial charge in [0.25, 0.3) is 0 Å². The summed E-state index contributed by atoms with van der Waals surface area (Å²) in [5.41, 5.74) is -0.628. The number of esters is 1. The largest absolute Gasteiger partial charge is 0.465 e. The van der Waals surface area contributed by atoms with Gasteiger partial charge in [-0.1, -0.05) is 42.5 Å². The second-order valence-corrected chi connectivity index (χ2v) is 10.6. The fraction of sp³-hybridized carbons (Fsp3) is 0.292. The molecule has 1 aliphatic rings. The lowest BCUT2D eigenvalue weighted by Crippen LogP contribution is -2.29. The Balaban J connectivity index is 1.72. The highest BCUT2D eigenvalue weighted by Crippen LogP contribution is 2.33. The second-order valence-electron chi connectivity index (χ2n) is 7.83. The summed E-state index contributed by atoms with van der Waals surface area (Å²) in [5.74, 6) is -0.538. The maximum absolute atomic E-state index is 13.7. The van der Waals surface area contributed by atoms with Crippen molar-refractivity contribution in [2.75, 3.05) is 20.3 Å². The van der Waals surface area contributed by atoms with Crippen molar-refractivity contribution in [1.82, 2.24) is 5.32 Å². The fourth-order valence-corrected chi connectivity index (χ4v) is 5.81. The third kappa shape index (κ3) is 4.83. The second kappa shape index (κ2) is 9.62. The van der Waals surface area contributed by atoms with Crippen LogP contribution in [0.25, 0.3) is 10.8 Å². The predicted octanol–water partition coefficient (Wildman–Crippen LogP) is 3.78. The number of carbonyl (C=O) groups excluding carboxylic acids is 1. The average Bonchev–Trinajstić information content (AvgIpc) is 3.23. The predicted molar refractivity (Wildman–Crippen MR) is 127 cm³/mol. The Bertz CT molecular complexity index is 1230. The Morgan fingerprint density at radius 3 is 2.59 bits per heavy atom. The van der Waals surface area contributed by atoms with Crippen molar-refractivity contribution in [3.05, 3.63) is 77.9 Å². The first-order valence-electron chi connectivity index (χ1n) is 10.3. The van der Waals surface area contributed by atoms with Gasteiger partial charge >= 0.3 is 5.97 Å². The third-order valence-corrected chi connectivity index (χ3v) is 7.84. The summed E-state index contributed by atoms with van der Waals surface area (Å²) in [6.07, 6.45) is 0.786. The fourth-order valence-electron chi connectivity index (χ4n) is 3.89. The SMILES string of the molecule is COC(=O)c1cccc(C(OCC2CC(S)CN2)S(=O)(=O)c2ccc3ccccc3c2)c1. The van der Waals surface area contributed by atoms with E-state index in [4.69, 9.17) is 9.47 Å². The van der Waals surface area contributed by atoms with E-state index in [1.807, 2.05) is 24.3 Å². The van der Waals surface area contributed by atoms with Crippen molar-refractivity contribution >= 4 is 39.2 Å². The Morgan fingerprint density at radius 1 is 1.09 bits per heavy atom. The average molecular weight is 472 g/mol. The molecule has 0 saturated carbocycles. The highest BCUT2D eigenvalue weighted by Gasteiger charge is 2.33. The molecule has 0 amide bonds. The van der Waals surface area contributed by atoms with Gasteiger partial charge in [-0.05, 0) is 47.0 Å². The summed E-state index contributed by atoms with van der Waals surface area (Å²) in [5, 5.41) is 5.28. The number of fused-ring (bicyclic) bond motifs is 1. The molecule has 1 heterocycles. The molecule has 168 valence electrons. The number of thiol groups is 1. The van der Waals surface area contributed by atoms with Crippen molar-refractivity contribution in [1.29, 1.82) is 0 Å². The molecule has 3 aromatic rings. The molecule has 8 heteroatoms. The highest BCUT2D eigenvalue weighted by molar-refractivity contribution is 7.91. The number of benzene rings is 3. The lowest BCUT2D eigenvalue weighted by molar-refractivity contribution is 0.0599.